The molecule has 2 rings (SSSR count). The van der Waals surface area contributed by atoms with E-state index in [2.05, 4.69) is 46.6 Å². The highest BCUT2D eigenvalue weighted by Crippen LogP contribution is 2.26. The van der Waals surface area contributed by atoms with Crippen molar-refractivity contribution in [1.29, 1.82) is 0 Å². The van der Waals surface area contributed by atoms with Crippen molar-refractivity contribution >= 4 is 23.3 Å². The molecule has 0 saturated heterocycles. The number of guanidine groups is 1. The van der Waals surface area contributed by atoms with Gasteiger partial charge in [-0.2, -0.15) is 0 Å². The fourth-order valence-electron chi connectivity index (χ4n) is 2.90. The monoisotopic (exact) mass is 432 g/mol. The second-order valence-corrected chi connectivity index (χ2v) is 8.62. The largest absolute Gasteiger partial charge is 0.497 e. The topological polar surface area (TPSA) is 84.8 Å². The number of aromatic nitrogens is 1. The maximum Gasteiger partial charge on any atom is 0.350 e. The molecule has 164 valence electrons. The summed E-state index contributed by atoms with van der Waals surface area (Å²) in [6.07, 6.45) is 0. The highest BCUT2D eigenvalue weighted by molar-refractivity contribution is 7.13. The summed E-state index contributed by atoms with van der Waals surface area (Å²) in [6.45, 7) is 11.0. The summed E-state index contributed by atoms with van der Waals surface area (Å²) < 4.78 is 10.3. The SMILES string of the molecule is CCOC(=O)c1sc(C(C)NC(=NC)NCC(C)(C)c2ccc(OC)cc2)nc1C. The first-order chi connectivity index (χ1) is 14.2. The van der Waals surface area contributed by atoms with Gasteiger partial charge in [0.2, 0.25) is 0 Å². The summed E-state index contributed by atoms with van der Waals surface area (Å²) in [7, 11) is 3.40. The first-order valence-electron chi connectivity index (χ1n) is 9.98. The van der Waals surface area contributed by atoms with E-state index in [1.807, 2.05) is 26.0 Å². The van der Waals surface area contributed by atoms with E-state index in [-0.39, 0.29) is 17.4 Å². The van der Waals surface area contributed by atoms with E-state index in [9.17, 15) is 4.79 Å². The Hall–Kier alpha value is -2.61. The molecule has 0 bridgehead atoms. The summed E-state index contributed by atoms with van der Waals surface area (Å²) in [5, 5.41) is 7.56. The van der Waals surface area contributed by atoms with Gasteiger partial charge in [-0.1, -0.05) is 26.0 Å². The van der Waals surface area contributed by atoms with Gasteiger partial charge < -0.3 is 20.1 Å². The van der Waals surface area contributed by atoms with E-state index in [0.717, 1.165) is 10.8 Å². The lowest BCUT2D eigenvalue weighted by Crippen LogP contribution is -2.44. The number of carbonyl (C=O) groups excluding carboxylic acids is 1. The average molecular weight is 433 g/mol. The Labute approximate surface area is 182 Å². The van der Waals surface area contributed by atoms with Crippen LogP contribution >= 0.6 is 11.3 Å². The van der Waals surface area contributed by atoms with Gasteiger partial charge in [-0.15, -0.1) is 11.3 Å². The van der Waals surface area contributed by atoms with Gasteiger partial charge in [-0.05, 0) is 38.5 Å². The number of nitrogens with zero attached hydrogens (tertiary/aromatic N) is 2. The molecule has 1 heterocycles. The highest BCUT2D eigenvalue weighted by Gasteiger charge is 2.23. The minimum Gasteiger partial charge on any atom is -0.497 e. The number of esters is 1. The third-order valence-electron chi connectivity index (χ3n) is 4.79. The van der Waals surface area contributed by atoms with Crippen LogP contribution in [0.15, 0.2) is 29.3 Å². The lowest BCUT2D eigenvalue weighted by Gasteiger charge is -2.27. The van der Waals surface area contributed by atoms with Gasteiger partial charge in [0.25, 0.3) is 0 Å². The molecule has 0 radical (unpaired) electrons. The fraction of sp³-hybridized carbons (Fsp3) is 0.500. The maximum absolute atomic E-state index is 12.1. The molecule has 0 aliphatic rings. The van der Waals surface area contributed by atoms with Crippen LogP contribution in [0.25, 0.3) is 0 Å². The molecular formula is C22H32N4O3S. The molecule has 2 N–H and O–H groups in total. The molecule has 0 amide bonds. The minimum atomic E-state index is -0.324. The molecule has 0 spiro atoms. The second kappa shape index (κ2) is 10.4. The predicted molar refractivity (Wildman–Crippen MR) is 122 cm³/mol. The third kappa shape index (κ3) is 5.95. The van der Waals surface area contributed by atoms with Crippen LogP contribution in [0.3, 0.4) is 0 Å². The van der Waals surface area contributed by atoms with Crippen molar-refractivity contribution in [2.45, 2.75) is 46.1 Å². The number of aliphatic imine (C=N–C) groups is 1. The molecule has 8 heteroatoms. The Balaban J connectivity index is 2.01. The minimum absolute atomic E-state index is 0.104. The number of benzene rings is 1. The van der Waals surface area contributed by atoms with Crippen LogP contribution in [0.4, 0.5) is 0 Å². The maximum atomic E-state index is 12.1. The first-order valence-corrected chi connectivity index (χ1v) is 10.8. The molecular weight excluding hydrogens is 400 g/mol. The molecule has 2 aromatic rings. The van der Waals surface area contributed by atoms with Crippen LogP contribution in [0, 0.1) is 6.92 Å². The molecule has 1 atom stereocenters. The number of thiazole rings is 1. The number of aryl methyl sites for hydroxylation is 1. The summed E-state index contributed by atoms with van der Waals surface area (Å²) in [4.78, 5) is 21.5. The number of carbonyl (C=O) groups is 1. The van der Waals surface area contributed by atoms with Gasteiger partial charge in [0.15, 0.2) is 5.96 Å². The van der Waals surface area contributed by atoms with Crippen LogP contribution in [0.2, 0.25) is 0 Å². The predicted octanol–water partition coefficient (Wildman–Crippen LogP) is 3.84. The van der Waals surface area contributed by atoms with Crippen LogP contribution in [-0.4, -0.2) is 44.2 Å². The molecule has 30 heavy (non-hydrogen) atoms. The number of hydrogen-bond acceptors (Lipinski definition) is 6. The van der Waals surface area contributed by atoms with Crippen molar-refractivity contribution in [1.82, 2.24) is 15.6 Å². The van der Waals surface area contributed by atoms with Gasteiger partial charge in [-0.3, -0.25) is 4.99 Å². The molecule has 1 unspecified atom stereocenters. The zero-order valence-corrected chi connectivity index (χ0v) is 19.6. The zero-order chi connectivity index (χ0) is 22.3. The summed E-state index contributed by atoms with van der Waals surface area (Å²) in [5.74, 6) is 1.19. The van der Waals surface area contributed by atoms with Gasteiger partial charge in [0, 0.05) is 19.0 Å². The fourth-order valence-corrected chi connectivity index (χ4v) is 3.86. The molecule has 1 aromatic carbocycles. The van der Waals surface area contributed by atoms with E-state index in [4.69, 9.17) is 9.47 Å². The average Bonchev–Trinajstić information content (AvgIpc) is 3.13. The van der Waals surface area contributed by atoms with E-state index < -0.39 is 0 Å². The number of hydrogen-bond donors (Lipinski definition) is 2. The van der Waals surface area contributed by atoms with Gasteiger partial charge in [-0.25, -0.2) is 9.78 Å². The summed E-state index contributed by atoms with van der Waals surface area (Å²) in [6, 6.07) is 7.99. The highest BCUT2D eigenvalue weighted by atomic mass is 32.1. The summed E-state index contributed by atoms with van der Waals surface area (Å²) in [5.41, 5.74) is 1.78. The second-order valence-electron chi connectivity index (χ2n) is 7.59. The van der Waals surface area contributed by atoms with Crippen LogP contribution in [-0.2, 0) is 10.2 Å². The number of ether oxygens (including phenoxy) is 2. The van der Waals surface area contributed by atoms with Crippen molar-refractivity contribution in [3.8, 4) is 5.75 Å². The lowest BCUT2D eigenvalue weighted by molar-refractivity contribution is 0.0531. The standard InChI is InChI=1S/C22H32N4O3S/c1-8-29-20(27)18-14(2)25-19(30-18)15(3)26-21(23-6)24-13-22(4,5)16-9-11-17(28-7)12-10-16/h9-12,15H,8,13H2,1-7H3,(H2,23,24,26). The van der Waals surface area contributed by atoms with Crippen molar-refractivity contribution in [3.63, 3.8) is 0 Å². The molecule has 0 saturated carbocycles. The molecule has 0 aliphatic carbocycles. The Kier molecular flexibility index (Phi) is 8.23. The quantitative estimate of drug-likeness (QED) is 0.375. The number of nitrogens with one attached hydrogen (secondary N) is 2. The third-order valence-corrected chi connectivity index (χ3v) is 6.11. The van der Waals surface area contributed by atoms with E-state index in [0.29, 0.717) is 29.7 Å². The van der Waals surface area contributed by atoms with Crippen molar-refractivity contribution in [3.05, 3.63) is 45.4 Å². The van der Waals surface area contributed by atoms with Gasteiger partial charge >= 0.3 is 5.97 Å². The number of rotatable bonds is 8. The van der Waals surface area contributed by atoms with E-state index in [1.54, 1.807) is 21.1 Å². The summed E-state index contributed by atoms with van der Waals surface area (Å²) >= 11 is 1.35. The normalized spacial score (nSPS) is 13.0. The molecule has 0 fully saturated rings. The van der Waals surface area contributed by atoms with Crippen LogP contribution < -0.4 is 15.4 Å². The van der Waals surface area contributed by atoms with Crippen molar-refractivity contribution in [2.75, 3.05) is 27.3 Å². The van der Waals surface area contributed by atoms with Crippen LogP contribution in [0.5, 0.6) is 5.75 Å². The Morgan fingerprint density at radius 3 is 2.53 bits per heavy atom. The van der Waals surface area contributed by atoms with Crippen molar-refractivity contribution in [2.24, 2.45) is 4.99 Å². The number of methoxy groups -OCH3 is 1. The molecule has 0 aliphatic heterocycles. The van der Waals surface area contributed by atoms with E-state index >= 15 is 0 Å². The lowest BCUT2D eigenvalue weighted by atomic mass is 9.84. The van der Waals surface area contributed by atoms with Crippen LogP contribution in [0.1, 0.15) is 59.7 Å². The van der Waals surface area contributed by atoms with Crippen molar-refractivity contribution < 1.29 is 14.3 Å². The van der Waals surface area contributed by atoms with E-state index in [1.165, 1.54) is 16.9 Å². The molecule has 7 nitrogen and oxygen atoms in total. The Morgan fingerprint density at radius 2 is 1.97 bits per heavy atom. The van der Waals surface area contributed by atoms with Gasteiger partial charge in [0.05, 0.1) is 25.5 Å². The Bertz CT molecular complexity index is 875. The first kappa shape index (κ1) is 23.7. The Morgan fingerprint density at radius 1 is 1.30 bits per heavy atom. The molecule has 1 aromatic heterocycles. The zero-order valence-electron chi connectivity index (χ0n) is 18.8. The smallest absolute Gasteiger partial charge is 0.350 e. The van der Waals surface area contributed by atoms with Gasteiger partial charge in [0.1, 0.15) is 15.6 Å².